The highest BCUT2D eigenvalue weighted by Crippen LogP contribution is 2.32. The molecule has 38 heavy (non-hydrogen) atoms. The fourth-order valence-corrected chi connectivity index (χ4v) is 3.87. The zero-order chi connectivity index (χ0) is 27.1. The molecule has 4 rings (SSSR count). The Labute approximate surface area is 224 Å². The lowest BCUT2D eigenvalue weighted by molar-refractivity contribution is -0.117. The Balaban J connectivity index is 1.65. The third kappa shape index (κ3) is 6.16. The van der Waals surface area contributed by atoms with Crippen molar-refractivity contribution in [2.75, 3.05) is 46.3 Å². The number of aromatic nitrogens is 2. The number of imidazole rings is 1. The molecule has 10 nitrogen and oxygen atoms in total. The number of anilines is 1. The van der Waals surface area contributed by atoms with Crippen LogP contribution in [0.2, 0.25) is 5.02 Å². The van der Waals surface area contributed by atoms with Crippen LogP contribution in [0.25, 0.3) is 16.9 Å². The molecule has 1 N–H and O–H groups in total. The molecule has 2 aromatic heterocycles. The number of benzene rings is 2. The summed E-state index contributed by atoms with van der Waals surface area (Å²) in [6.45, 7) is 0.211. The minimum atomic E-state index is -0.448. The molecule has 0 bridgehead atoms. The van der Waals surface area contributed by atoms with Crippen LogP contribution in [0.4, 0.5) is 5.95 Å². The van der Waals surface area contributed by atoms with Gasteiger partial charge in [0.1, 0.15) is 6.54 Å². The van der Waals surface area contributed by atoms with Gasteiger partial charge in [0, 0.05) is 36.5 Å². The Morgan fingerprint density at radius 2 is 1.82 bits per heavy atom. The predicted molar refractivity (Wildman–Crippen MR) is 142 cm³/mol. The van der Waals surface area contributed by atoms with Gasteiger partial charge in [-0.1, -0.05) is 23.7 Å². The molecule has 4 aromatic rings. The number of carbonyl (C=O) groups excluding carboxylic acids is 2. The largest absolute Gasteiger partial charge is 0.493 e. The number of hydrogen-bond donors (Lipinski definition) is 1. The van der Waals surface area contributed by atoms with Crippen molar-refractivity contribution >= 4 is 29.4 Å². The normalized spacial score (nSPS) is 10.7. The van der Waals surface area contributed by atoms with Crippen molar-refractivity contribution in [3.63, 3.8) is 0 Å². The maximum absolute atomic E-state index is 13.2. The Morgan fingerprint density at radius 1 is 1.05 bits per heavy atom. The number of ether oxygens (including phenoxy) is 3. The van der Waals surface area contributed by atoms with Crippen LogP contribution >= 0.6 is 11.6 Å². The summed E-state index contributed by atoms with van der Waals surface area (Å²) in [5, 5.41) is 3.43. The maximum Gasteiger partial charge on any atom is 0.290 e. The molecule has 11 heteroatoms. The standard InChI is InChI=1S/C27H27ClN4O6/c1-35-14-12-31(26(34)23-5-4-13-38-23)17-25(33)30-27-29-21(18-6-8-19(28)9-7-18)16-32(27)20-10-11-22(36-2)24(15-20)37-3/h4-11,13,15-16H,12,14,17H2,1-3H3,(H,29,30,33). The predicted octanol–water partition coefficient (Wildman–Crippen LogP) is 4.53. The van der Waals surface area contributed by atoms with E-state index in [1.165, 1.54) is 18.3 Å². The number of nitrogens with one attached hydrogen (secondary N) is 1. The molecule has 0 aliphatic carbocycles. The molecule has 0 spiro atoms. The molecule has 2 aromatic carbocycles. The lowest BCUT2D eigenvalue weighted by Gasteiger charge is -2.20. The molecule has 2 amide bonds. The van der Waals surface area contributed by atoms with E-state index >= 15 is 0 Å². The number of rotatable bonds is 11. The van der Waals surface area contributed by atoms with Gasteiger partial charge in [-0.15, -0.1) is 0 Å². The second-order valence-electron chi connectivity index (χ2n) is 8.11. The van der Waals surface area contributed by atoms with Crippen LogP contribution in [0.15, 0.2) is 71.5 Å². The van der Waals surface area contributed by atoms with Crippen LogP contribution in [0.3, 0.4) is 0 Å². The SMILES string of the molecule is COCCN(CC(=O)Nc1nc(-c2ccc(Cl)cc2)cn1-c1ccc(OC)c(OC)c1)C(=O)c1ccco1. The second-order valence-corrected chi connectivity index (χ2v) is 8.55. The van der Waals surface area contributed by atoms with E-state index in [9.17, 15) is 9.59 Å². The summed E-state index contributed by atoms with van der Waals surface area (Å²) in [7, 11) is 4.62. The van der Waals surface area contributed by atoms with Gasteiger partial charge in [-0.3, -0.25) is 19.5 Å². The van der Waals surface area contributed by atoms with E-state index in [0.29, 0.717) is 27.9 Å². The second kappa shape index (κ2) is 12.3. The Hall–Kier alpha value is -4.28. The van der Waals surface area contributed by atoms with E-state index in [4.69, 9.17) is 30.2 Å². The van der Waals surface area contributed by atoms with Crippen molar-refractivity contribution in [2.45, 2.75) is 0 Å². The molecule has 0 aliphatic heterocycles. The molecular weight excluding hydrogens is 512 g/mol. The fraction of sp³-hybridized carbons (Fsp3) is 0.222. The fourth-order valence-electron chi connectivity index (χ4n) is 3.75. The Bertz CT molecular complexity index is 1390. The number of carbonyl (C=O) groups is 2. The number of amides is 2. The van der Waals surface area contributed by atoms with E-state index in [0.717, 1.165) is 5.56 Å². The zero-order valence-corrected chi connectivity index (χ0v) is 21.9. The first-order valence-electron chi connectivity index (χ1n) is 11.6. The highest BCUT2D eigenvalue weighted by atomic mass is 35.5. The first kappa shape index (κ1) is 26.8. The van der Waals surface area contributed by atoms with Gasteiger partial charge in [-0.05, 0) is 36.4 Å². The first-order valence-corrected chi connectivity index (χ1v) is 12.0. The molecule has 0 radical (unpaired) electrons. The van der Waals surface area contributed by atoms with Gasteiger partial charge in [0.05, 0.1) is 38.5 Å². The minimum Gasteiger partial charge on any atom is -0.493 e. The third-order valence-electron chi connectivity index (χ3n) is 5.66. The topological polar surface area (TPSA) is 108 Å². The monoisotopic (exact) mass is 538 g/mol. The Kier molecular flexibility index (Phi) is 8.67. The molecule has 0 atom stereocenters. The van der Waals surface area contributed by atoms with Gasteiger partial charge in [0.25, 0.3) is 5.91 Å². The van der Waals surface area contributed by atoms with Crippen LogP contribution in [-0.2, 0) is 9.53 Å². The maximum atomic E-state index is 13.2. The summed E-state index contributed by atoms with van der Waals surface area (Å²) < 4.78 is 22.9. The van der Waals surface area contributed by atoms with Crippen molar-refractivity contribution in [3.05, 3.63) is 77.8 Å². The van der Waals surface area contributed by atoms with Gasteiger partial charge < -0.3 is 23.5 Å². The lowest BCUT2D eigenvalue weighted by Crippen LogP contribution is -2.40. The quantitative estimate of drug-likeness (QED) is 0.299. The molecule has 0 fully saturated rings. The van der Waals surface area contributed by atoms with Crippen molar-refractivity contribution in [2.24, 2.45) is 0 Å². The highest BCUT2D eigenvalue weighted by Gasteiger charge is 2.22. The summed E-state index contributed by atoms with van der Waals surface area (Å²) in [5.74, 6) is 0.585. The van der Waals surface area contributed by atoms with Gasteiger partial charge in [0.15, 0.2) is 17.3 Å². The number of methoxy groups -OCH3 is 3. The summed E-state index contributed by atoms with van der Waals surface area (Å²) in [6.07, 6.45) is 3.19. The van der Waals surface area contributed by atoms with Crippen LogP contribution in [0.1, 0.15) is 10.6 Å². The van der Waals surface area contributed by atoms with Crippen LogP contribution in [0, 0.1) is 0 Å². The smallest absolute Gasteiger partial charge is 0.290 e. The lowest BCUT2D eigenvalue weighted by atomic mass is 10.2. The van der Waals surface area contributed by atoms with E-state index in [1.807, 2.05) is 18.2 Å². The van der Waals surface area contributed by atoms with Gasteiger partial charge in [0.2, 0.25) is 11.9 Å². The van der Waals surface area contributed by atoms with Gasteiger partial charge >= 0.3 is 0 Å². The summed E-state index contributed by atoms with van der Waals surface area (Å²) in [5.41, 5.74) is 2.09. The summed E-state index contributed by atoms with van der Waals surface area (Å²) in [4.78, 5) is 32.0. The number of furan rings is 1. The van der Waals surface area contributed by atoms with Crippen LogP contribution < -0.4 is 14.8 Å². The van der Waals surface area contributed by atoms with E-state index in [2.05, 4.69) is 10.3 Å². The molecule has 0 aliphatic rings. The van der Waals surface area contributed by atoms with Crippen molar-refractivity contribution in [1.82, 2.24) is 14.5 Å². The van der Waals surface area contributed by atoms with Gasteiger partial charge in [-0.25, -0.2) is 4.98 Å². The molecule has 198 valence electrons. The van der Waals surface area contributed by atoms with Crippen molar-refractivity contribution in [3.8, 4) is 28.4 Å². The summed E-state index contributed by atoms with van der Waals surface area (Å²) in [6, 6.07) is 15.7. The average Bonchev–Trinajstić information content (AvgIpc) is 3.61. The van der Waals surface area contributed by atoms with E-state index < -0.39 is 11.8 Å². The molecule has 0 saturated carbocycles. The van der Waals surface area contributed by atoms with E-state index in [-0.39, 0.29) is 31.4 Å². The molecule has 0 saturated heterocycles. The third-order valence-corrected chi connectivity index (χ3v) is 5.91. The molecule has 2 heterocycles. The first-order chi connectivity index (χ1) is 18.4. The number of nitrogens with zero attached hydrogens (tertiary/aromatic N) is 3. The molecular formula is C27H27ClN4O6. The van der Waals surface area contributed by atoms with Crippen LogP contribution in [-0.4, -0.2) is 67.3 Å². The molecule has 0 unspecified atom stereocenters. The average molecular weight is 539 g/mol. The van der Waals surface area contributed by atoms with Gasteiger partial charge in [-0.2, -0.15) is 0 Å². The number of hydrogen-bond acceptors (Lipinski definition) is 7. The van der Waals surface area contributed by atoms with Crippen molar-refractivity contribution in [1.29, 1.82) is 0 Å². The Morgan fingerprint density at radius 3 is 2.47 bits per heavy atom. The summed E-state index contributed by atoms with van der Waals surface area (Å²) >= 11 is 6.05. The zero-order valence-electron chi connectivity index (χ0n) is 21.1. The van der Waals surface area contributed by atoms with Crippen molar-refractivity contribution < 1.29 is 28.2 Å². The van der Waals surface area contributed by atoms with Crippen LogP contribution in [0.5, 0.6) is 11.5 Å². The number of halogens is 1. The van der Waals surface area contributed by atoms with E-state index in [1.54, 1.807) is 61.4 Å². The highest BCUT2D eigenvalue weighted by molar-refractivity contribution is 6.30. The minimum absolute atomic E-state index is 0.130.